The van der Waals surface area contributed by atoms with Crippen molar-refractivity contribution in [3.63, 3.8) is 0 Å². The molecule has 13 heavy (non-hydrogen) atoms. The summed E-state index contributed by atoms with van der Waals surface area (Å²) in [6.07, 6.45) is 1.92. The summed E-state index contributed by atoms with van der Waals surface area (Å²) in [5.41, 5.74) is 0.931. The van der Waals surface area contributed by atoms with Crippen LogP contribution in [0.25, 0.3) is 5.52 Å². The maximum absolute atomic E-state index is 5.14. The van der Waals surface area contributed by atoms with Gasteiger partial charge >= 0.3 is 0 Å². The van der Waals surface area contributed by atoms with Crippen LogP contribution in [0.3, 0.4) is 0 Å². The first kappa shape index (κ1) is 8.25. The summed E-state index contributed by atoms with van der Waals surface area (Å²) in [6.45, 7) is 0. The predicted molar refractivity (Wildman–Crippen MR) is 54.7 cm³/mol. The highest BCUT2D eigenvalue weighted by atomic mass is 32.1. The molecule has 0 saturated carbocycles. The van der Waals surface area contributed by atoms with Gasteiger partial charge in [0, 0.05) is 20.3 Å². The van der Waals surface area contributed by atoms with Crippen molar-refractivity contribution in [1.82, 2.24) is 14.6 Å². The van der Waals surface area contributed by atoms with Crippen LogP contribution in [0.15, 0.2) is 18.3 Å². The number of fused-ring (bicyclic) bond motifs is 1. The minimum Gasteiger partial charge on any atom is -0.347 e. The van der Waals surface area contributed by atoms with Crippen LogP contribution < -0.4 is 4.90 Å². The van der Waals surface area contributed by atoms with E-state index in [0.29, 0.717) is 4.64 Å². The van der Waals surface area contributed by atoms with Crippen LogP contribution in [0.2, 0.25) is 0 Å². The third-order valence-electron chi connectivity index (χ3n) is 1.82. The molecule has 0 unspecified atom stereocenters. The van der Waals surface area contributed by atoms with E-state index in [-0.39, 0.29) is 0 Å². The molecule has 2 aromatic heterocycles. The lowest BCUT2D eigenvalue weighted by molar-refractivity contribution is 0.860. The summed E-state index contributed by atoms with van der Waals surface area (Å²) in [7, 11) is 3.84. The zero-order valence-electron chi connectivity index (χ0n) is 7.48. The molecule has 1 N–H and O–H groups in total. The molecule has 0 aliphatic heterocycles. The number of nitrogens with zero attached hydrogens (tertiary/aromatic N) is 3. The molecule has 5 heteroatoms. The molecule has 0 atom stereocenters. The van der Waals surface area contributed by atoms with Crippen LogP contribution in [0.5, 0.6) is 0 Å². The SMILES string of the molecule is CN(C)c1nc(=S)c2cccn2[nH]1. The van der Waals surface area contributed by atoms with E-state index in [1.165, 1.54) is 0 Å². The van der Waals surface area contributed by atoms with Gasteiger partial charge in [-0.1, -0.05) is 12.2 Å². The van der Waals surface area contributed by atoms with Gasteiger partial charge in [-0.25, -0.2) is 0 Å². The van der Waals surface area contributed by atoms with Gasteiger partial charge in [0.1, 0.15) is 0 Å². The van der Waals surface area contributed by atoms with E-state index < -0.39 is 0 Å². The summed E-state index contributed by atoms with van der Waals surface area (Å²) < 4.78 is 2.48. The maximum atomic E-state index is 5.14. The van der Waals surface area contributed by atoms with Crippen LogP contribution in [0, 0.1) is 4.64 Å². The van der Waals surface area contributed by atoms with Gasteiger partial charge in [0.2, 0.25) is 5.95 Å². The molecule has 2 heterocycles. The van der Waals surface area contributed by atoms with E-state index in [2.05, 4.69) is 10.1 Å². The molecule has 4 nitrogen and oxygen atoms in total. The Balaban J connectivity index is 2.77. The lowest BCUT2D eigenvalue weighted by Crippen LogP contribution is -2.14. The second kappa shape index (κ2) is 2.85. The first-order chi connectivity index (χ1) is 6.18. The number of nitrogens with one attached hydrogen (secondary N) is 1. The second-order valence-electron chi connectivity index (χ2n) is 3.01. The Hall–Kier alpha value is -1.36. The van der Waals surface area contributed by atoms with Crippen molar-refractivity contribution in [3.8, 4) is 0 Å². The Morgan fingerprint density at radius 3 is 3.00 bits per heavy atom. The van der Waals surface area contributed by atoms with Gasteiger partial charge < -0.3 is 4.90 Å². The molecule has 0 aliphatic rings. The number of anilines is 1. The first-order valence-corrected chi connectivity index (χ1v) is 4.34. The monoisotopic (exact) mass is 194 g/mol. The number of hydrogen-bond donors (Lipinski definition) is 1. The summed E-state index contributed by atoms with van der Waals surface area (Å²) >= 11 is 5.14. The minimum atomic E-state index is 0.618. The number of H-pyrrole nitrogens is 1. The van der Waals surface area contributed by atoms with Crippen LogP contribution in [0.4, 0.5) is 5.95 Å². The molecule has 0 spiro atoms. The molecule has 2 aromatic rings. The normalized spacial score (nSPS) is 10.6. The molecule has 0 fully saturated rings. The molecule has 2 rings (SSSR count). The molecule has 68 valence electrons. The smallest absolute Gasteiger partial charge is 0.219 e. The van der Waals surface area contributed by atoms with Gasteiger partial charge in [0.25, 0.3) is 0 Å². The Labute approximate surface area is 80.8 Å². The zero-order valence-corrected chi connectivity index (χ0v) is 8.30. The van der Waals surface area contributed by atoms with E-state index in [1.54, 1.807) is 0 Å². The fourth-order valence-electron chi connectivity index (χ4n) is 1.14. The van der Waals surface area contributed by atoms with Crippen molar-refractivity contribution >= 4 is 23.7 Å². The van der Waals surface area contributed by atoms with Crippen molar-refractivity contribution in [2.45, 2.75) is 0 Å². The predicted octanol–water partition coefficient (Wildman–Crippen LogP) is 1.46. The highest BCUT2D eigenvalue weighted by Crippen LogP contribution is 2.07. The first-order valence-electron chi connectivity index (χ1n) is 3.93. The number of rotatable bonds is 1. The standard InChI is InChI=1S/C8H10N4S/c1-11(2)8-9-7(13)6-4-3-5-12(6)10-8/h3-5H,1-2H3,(H,9,10,13). The van der Waals surface area contributed by atoms with Crippen molar-refractivity contribution in [2.24, 2.45) is 0 Å². The summed E-state index contributed by atoms with van der Waals surface area (Å²) in [5, 5.41) is 3.11. The molecule has 0 radical (unpaired) electrons. The van der Waals surface area contributed by atoms with E-state index >= 15 is 0 Å². The van der Waals surface area contributed by atoms with Gasteiger partial charge in [-0.05, 0) is 12.1 Å². The molecule has 0 aromatic carbocycles. The average Bonchev–Trinajstić information content (AvgIpc) is 2.51. The molecular formula is C8H10N4S. The lowest BCUT2D eigenvalue weighted by Gasteiger charge is -2.10. The fraction of sp³-hybridized carbons (Fsp3) is 0.250. The minimum absolute atomic E-state index is 0.618. The second-order valence-corrected chi connectivity index (χ2v) is 3.40. The Morgan fingerprint density at radius 1 is 1.54 bits per heavy atom. The van der Waals surface area contributed by atoms with Gasteiger partial charge in [-0.15, -0.1) is 0 Å². The summed E-state index contributed by atoms with van der Waals surface area (Å²) in [4.78, 5) is 6.12. The van der Waals surface area contributed by atoms with Crippen molar-refractivity contribution in [1.29, 1.82) is 0 Å². The average molecular weight is 194 g/mol. The van der Waals surface area contributed by atoms with E-state index in [1.807, 2.05) is 41.8 Å². The van der Waals surface area contributed by atoms with Gasteiger partial charge in [-0.3, -0.25) is 9.61 Å². The molecule has 0 bridgehead atoms. The number of aromatic amines is 1. The molecule has 0 aliphatic carbocycles. The quantitative estimate of drug-likeness (QED) is 0.698. The largest absolute Gasteiger partial charge is 0.347 e. The number of hydrogen-bond acceptors (Lipinski definition) is 3. The fourth-order valence-corrected chi connectivity index (χ4v) is 1.39. The summed E-state index contributed by atoms with van der Waals surface area (Å²) in [5.74, 6) is 0.758. The number of aromatic nitrogens is 3. The molecule has 0 saturated heterocycles. The third-order valence-corrected chi connectivity index (χ3v) is 2.12. The zero-order chi connectivity index (χ0) is 9.42. The van der Waals surface area contributed by atoms with E-state index in [4.69, 9.17) is 12.2 Å². The molecular weight excluding hydrogens is 184 g/mol. The Morgan fingerprint density at radius 2 is 2.31 bits per heavy atom. The lowest BCUT2D eigenvalue weighted by atomic mass is 10.5. The van der Waals surface area contributed by atoms with Crippen molar-refractivity contribution in [2.75, 3.05) is 19.0 Å². The summed E-state index contributed by atoms with van der Waals surface area (Å²) in [6, 6.07) is 3.87. The van der Waals surface area contributed by atoms with E-state index in [9.17, 15) is 0 Å². The van der Waals surface area contributed by atoms with Gasteiger partial charge in [0.05, 0.1) is 5.52 Å². The van der Waals surface area contributed by atoms with Crippen molar-refractivity contribution in [3.05, 3.63) is 23.0 Å². The molecule has 0 amide bonds. The third kappa shape index (κ3) is 1.31. The van der Waals surface area contributed by atoms with Crippen LogP contribution >= 0.6 is 12.2 Å². The van der Waals surface area contributed by atoms with E-state index in [0.717, 1.165) is 11.5 Å². The Bertz CT molecular complexity index is 482. The highest BCUT2D eigenvalue weighted by Gasteiger charge is 2.00. The Kier molecular flexibility index (Phi) is 1.81. The van der Waals surface area contributed by atoms with Crippen LogP contribution in [-0.4, -0.2) is 28.7 Å². The maximum Gasteiger partial charge on any atom is 0.219 e. The van der Waals surface area contributed by atoms with Crippen LogP contribution in [-0.2, 0) is 0 Å². The van der Waals surface area contributed by atoms with Gasteiger partial charge in [-0.2, -0.15) is 4.98 Å². The highest BCUT2D eigenvalue weighted by molar-refractivity contribution is 7.71. The van der Waals surface area contributed by atoms with Crippen molar-refractivity contribution < 1.29 is 0 Å². The topological polar surface area (TPSA) is 36.3 Å². The van der Waals surface area contributed by atoms with Crippen LogP contribution in [0.1, 0.15) is 0 Å². The van der Waals surface area contributed by atoms with Gasteiger partial charge in [0.15, 0.2) is 4.64 Å².